The highest BCUT2D eigenvalue weighted by Gasteiger charge is 2.04. The van der Waals surface area contributed by atoms with Gasteiger partial charge in [0.2, 0.25) is 11.8 Å². The first-order valence-electron chi connectivity index (χ1n) is 4.60. The normalized spacial score (nSPS) is 9.64. The first kappa shape index (κ1) is 13.2. The molecule has 0 unspecified atom stereocenters. The molecule has 0 aromatic rings. The molecule has 0 aliphatic carbocycles. The van der Waals surface area contributed by atoms with Crippen LogP contribution in [0.4, 0.5) is 0 Å². The van der Waals surface area contributed by atoms with Gasteiger partial charge in [-0.1, -0.05) is 0 Å². The summed E-state index contributed by atoms with van der Waals surface area (Å²) in [5, 5.41) is 2.66. The molecule has 0 rings (SSSR count). The molecule has 0 fully saturated rings. The van der Waals surface area contributed by atoms with Gasteiger partial charge in [-0.2, -0.15) is 0 Å². The molecule has 0 aliphatic rings. The number of rotatable bonds is 6. The summed E-state index contributed by atoms with van der Waals surface area (Å²) < 4.78 is 0. The lowest BCUT2D eigenvalue weighted by Crippen LogP contribution is -2.30. The Hall–Kier alpha value is -0.770. The highest BCUT2D eigenvalue weighted by molar-refractivity contribution is 6.17. The average molecular weight is 221 g/mol. The van der Waals surface area contributed by atoms with Crippen LogP contribution in [0.5, 0.6) is 0 Å². The summed E-state index contributed by atoms with van der Waals surface area (Å²) in [7, 11) is 3.38. The van der Waals surface area contributed by atoms with Crippen LogP contribution < -0.4 is 5.32 Å². The Balaban J connectivity index is 3.44. The molecule has 0 saturated carbocycles. The van der Waals surface area contributed by atoms with E-state index in [9.17, 15) is 9.59 Å². The second-order valence-electron chi connectivity index (χ2n) is 3.18. The first-order valence-corrected chi connectivity index (χ1v) is 5.14. The van der Waals surface area contributed by atoms with Crippen molar-refractivity contribution in [1.29, 1.82) is 0 Å². The molecule has 0 saturated heterocycles. The number of alkyl halides is 1. The molecular weight excluding hydrogens is 204 g/mol. The molecule has 0 aromatic carbocycles. The number of amides is 2. The maximum atomic E-state index is 11.1. The monoisotopic (exact) mass is 220 g/mol. The Bertz CT molecular complexity index is 195. The maximum absolute atomic E-state index is 11.1. The topological polar surface area (TPSA) is 49.4 Å². The molecule has 0 spiro atoms. The lowest BCUT2D eigenvalue weighted by molar-refractivity contribution is -0.128. The van der Waals surface area contributed by atoms with Crippen molar-refractivity contribution in [3.05, 3.63) is 0 Å². The predicted molar refractivity (Wildman–Crippen MR) is 56.3 cm³/mol. The third-order valence-corrected chi connectivity index (χ3v) is 1.96. The van der Waals surface area contributed by atoms with Gasteiger partial charge in [0, 0.05) is 39.4 Å². The van der Waals surface area contributed by atoms with Crippen molar-refractivity contribution in [3.63, 3.8) is 0 Å². The van der Waals surface area contributed by atoms with E-state index in [1.165, 1.54) is 4.90 Å². The molecule has 2 amide bonds. The zero-order valence-corrected chi connectivity index (χ0v) is 9.43. The molecule has 5 heteroatoms. The van der Waals surface area contributed by atoms with E-state index in [2.05, 4.69) is 5.32 Å². The molecule has 0 bridgehead atoms. The minimum atomic E-state index is -0.0443. The Labute approximate surface area is 89.6 Å². The van der Waals surface area contributed by atoms with E-state index in [1.807, 2.05) is 0 Å². The predicted octanol–water partition coefficient (Wildman–Crippen LogP) is 0.600. The highest BCUT2D eigenvalue weighted by atomic mass is 35.5. The van der Waals surface area contributed by atoms with Crippen LogP contribution in [0.3, 0.4) is 0 Å². The van der Waals surface area contributed by atoms with Crippen molar-refractivity contribution >= 4 is 23.4 Å². The van der Waals surface area contributed by atoms with E-state index in [1.54, 1.807) is 14.1 Å². The molecule has 0 atom stereocenters. The van der Waals surface area contributed by atoms with E-state index in [0.29, 0.717) is 31.7 Å². The summed E-state index contributed by atoms with van der Waals surface area (Å²) in [6.45, 7) is 0.401. The zero-order chi connectivity index (χ0) is 11.0. The molecule has 0 aliphatic heterocycles. The zero-order valence-electron chi connectivity index (χ0n) is 8.68. The molecule has 4 nitrogen and oxygen atoms in total. The molecular formula is C9H17ClN2O2. The van der Waals surface area contributed by atoms with E-state index < -0.39 is 0 Å². The number of hydrogen-bond acceptors (Lipinski definition) is 2. The Morgan fingerprint density at radius 2 is 1.93 bits per heavy atom. The Morgan fingerprint density at radius 1 is 1.29 bits per heavy atom. The summed E-state index contributed by atoms with van der Waals surface area (Å²) >= 11 is 5.43. The van der Waals surface area contributed by atoms with Gasteiger partial charge in [0.25, 0.3) is 0 Å². The summed E-state index contributed by atoms with van der Waals surface area (Å²) in [6, 6.07) is 0. The van der Waals surface area contributed by atoms with Crippen molar-refractivity contribution in [3.8, 4) is 0 Å². The summed E-state index contributed by atoms with van der Waals surface area (Å²) in [4.78, 5) is 23.7. The van der Waals surface area contributed by atoms with Gasteiger partial charge in [-0.05, 0) is 6.42 Å². The fourth-order valence-electron chi connectivity index (χ4n) is 0.848. The van der Waals surface area contributed by atoms with Crippen LogP contribution in [0.25, 0.3) is 0 Å². The number of halogens is 1. The van der Waals surface area contributed by atoms with Crippen LogP contribution in [0.15, 0.2) is 0 Å². The molecule has 0 aromatic heterocycles. The van der Waals surface area contributed by atoms with Crippen LogP contribution in [-0.4, -0.2) is 43.2 Å². The highest BCUT2D eigenvalue weighted by Crippen LogP contribution is 1.92. The van der Waals surface area contributed by atoms with Crippen molar-refractivity contribution < 1.29 is 9.59 Å². The van der Waals surface area contributed by atoms with Gasteiger partial charge in [0.1, 0.15) is 0 Å². The van der Waals surface area contributed by atoms with Crippen LogP contribution in [0, 0.1) is 0 Å². The number of carbonyl (C=O) groups excluding carboxylic acids is 2. The number of hydrogen-bond donors (Lipinski definition) is 1. The molecule has 82 valence electrons. The smallest absolute Gasteiger partial charge is 0.223 e. The van der Waals surface area contributed by atoms with E-state index >= 15 is 0 Å². The lowest BCUT2D eigenvalue weighted by atomic mass is 10.3. The summed E-state index contributed by atoms with van der Waals surface area (Å²) in [5.41, 5.74) is 0. The van der Waals surface area contributed by atoms with E-state index in [-0.39, 0.29) is 11.8 Å². The Kier molecular flexibility index (Phi) is 7.20. The quantitative estimate of drug-likeness (QED) is 0.667. The molecule has 0 radical (unpaired) electrons. The van der Waals surface area contributed by atoms with E-state index in [4.69, 9.17) is 11.6 Å². The number of nitrogens with zero attached hydrogens (tertiary/aromatic N) is 1. The van der Waals surface area contributed by atoms with Crippen molar-refractivity contribution in [2.45, 2.75) is 19.3 Å². The van der Waals surface area contributed by atoms with Crippen LogP contribution in [0.2, 0.25) is 0 Å². The Morgan fingerprint density at radius 3 is 2.43 bits per heavy atom. The van der Waals surface area contributed by atoms with Gasteiger partial charge in [0.15, 0.2) is 0 Å². The number of carbonyl (C=O) groups is 2. The van der Waals surface area contributed by atoms with Gasteiger partial charge < -0.3 is 10.2 Å². The summed E-state index contributed by atoms with van der Waals surface area (Å²) in [6.07, 6.45) is 1.45. The van der Waals surface area contributed by atoms with Crippen LogP contribution in [-0.2, 0) is 9.59 Å². The van der Waals surface area contributed by atoms with Crippen molar-refractivity contribution in [1.82, 2.24) is 10.2 Å². The SMILES string of the molecule is CN(C)C(=O)CCNC(=O)CCCCl. The van der Waals surface area contributed by atoms with Crippen molar-refractivity contribution in [2.24, 2.45) is 0 Å². The first-order chi connectivity index (χ1) is 6.57. The lowest BCUT2D eigenvalue weighted by Gasteiger charge is -2.10. The largest absolute Gasteiger partial charge is 0.356 e. The van der Waals surface area contributed by atoms with Gasteiger partial charge in [0.05, 0.1) is 0 Å². The van der Waals surface area contributed by atoms with Gasteiger partial charge >= 0.3 is 0 Å². The standard InChI is InChI=1S/C9H17ClN2O2/c1-12(2)9(14)5-7-11-8(13)4-3-6-10/h3-7H2,1-2H3,(H,11,13). The van der Waals surface area contributed by atoms with Gasteiger partial charge in [-0.25, -0.2) is 0 Å². The molecule has 1 N–H and O–H groups in total. The third kappa shape index (κ3) is 6.71. The van der Waals surface area contributed by atoms with Gasteiger partial charge in [-0.15, -0.1) is 11.6 Å². The van der Waals surface area contributed by atoms with Crippen LogP contribution in [0.1, 0.15) is 19.3 Å². The summed E-state index contributed by atoms with van der Waals surface area (Å²) in [5.74, 6) is 0.462. The second kappa shape index (κ2) is 7.62. The number of nitrogens with one attached hydrogen (secondary N) is 1. The third-order valence-electron chi connectivity index (χ3n) is 1.70. The fourth-order valence-corrected chi connectivity index (χ4v) is 0.982. The molecule has 14 heavy (non-hydrogen) atoms. The average Bonchev–Trinajstić information content (AvgIpc) is 2.14. The fraction of sp³-hybridized carbons (Fsp3) is 0.778. The van der Waals surface area contributed by atoms with Crippen LogP contribution >= 0.6 is 11.6 Å². The molecule has 0 heterocycles. The minimum absolute atomic E-state index is 0.0163. The minimum Gasteiger partial charge on any atom is -0.356 e. The second-order valence-corrected chi connectivity index (χ2v) is 3.56. The van der Waals surface area contributed by atoms with Gasteiger partial charge in [-0.3, -0.25) is 9.59 Å². The maximum Gasteiger partial charge on any atom is 0.223 e. The van der Waals surface area contributed by atoms with E-state index in [0.717, 1.165) is 0 Å². The van der Waals surface area contributed by atoms with Crippen molar-refractivity contribution in [2.75, 3.05) is 26.5 Å².